The maximum absolute atomic E-state index is 10.6. The van der Waals surface area contributed by atoms with Gasteiger partial charge in [-0.3, -0.25) is 19.2 Å². The lowest BCUT2D eigenvalue weighted by Gasteiger charge is -2.07. The van der Waals surface area contributed by atoms with Crippen molar-refractivity contribution >= 4 is 23.9 Å². The molecular weight excluding hydrogens is 348 g/mol. The van der Waals surface area contributed by atoms with Crippen LogP contribution in [0.25, 0.3) is 0 Å². The Morgan fingerprint density at radius 2 is 1.42 bits per heavy atom. The number of hydrogen-bond acceptors (Lipinski definition) is 8. The van der Waals surface area contributed by atoms with Crippen LogP contribution in [0.4, 0.5) is 0 Å². The first kappa shape index (κ1) is 23.0. The van der Waals surface area contributed by atoms with E-state index in [0.29, 0.717) is 5.75 Å². The number of ether oxygens (including phenoxy) is 2. The second-order valence-electron chi connectivity index (χ2n) is 5.13. The molecule has 0 spiro atoms. The van der Waals surface area contributed by atoms with Crippen molar-refractivity contribution in [3.05, 3.63) is 29.8 Å². The van der Waals surface area contributed by atoms with Crippen LogP contribution in [0, 0.1) is 0 Å². The van der Waals surface area contributed by atoms with E-state index in [1.54, 1.807) is 24.3 Å². The van der Waals surface area contributed by atoms with Crippen molar-refractivity contribution in [1.29, 1.82) is 0 Å². The third kappa shape index (κ3) is 10.7. The standard InChI is InChI=1S/C11H13NO4.C5H9NO4/c1-7(13)16-9-4-2-8(3-5-9)6-10(12)11(14)15;1-3(7)10-2-4(6)5(8)9/h2-5,10H,6,12H2,1H3,(H,14,15);4H,2,6H2,1H3,(H,8,9)/t10-;4-/m00/s1. The molecular formula is C16H22N2O8. The van der Waals surface area contributed by atoms with E-state index in [1.807, 2.05) is 0 Å². The van der Waals surface area contributed by atoms with Crippen LogP contribution in [0.15, 0.2) is 24.3 Å². The summed E-state index contributed by atoms with van der Waals surface area (Å²) in [6, 6.07) is 4.53. The molecule has 1 rings (SSSR count). The Balaban J connectivity index is 0.000000541. The van der Waals surface area contributed by atoms with Gasteiger partial charge in [0.25, 0.3) is 0 Å². The SMILES string of the molecule is CC(=O)OC[C@H](N)C(=O)O.CC(=O)Oc1ccc(C[C@H](N)C(=O)O)cc1. The van der Waals surface area contributed by atoms with Gasteiger partial charge in [0.1, 0.15) is 24.4 Å². The zero-order valence-electron chi connectivity index (χ0n) is 14.4. The molecule has 0 aliphatic rings. The molecule has 0 bridgehead atoms. The number of carbonyl (C=O) groups excluding carboxylic acids is 2. The van der Waals surface area contributed by atoms with E-state index in [1.165, 1.54) is 13.8 Å². The fourth-order valence-electron chi connectivity index (χ4n) is 1.48. The highest BCUT2D eigenvalue weighted by Gasteiger charge is 2.12. The van der Waals surface area contributed by atoms with Crippen molar-refractivity contribution in [3.63, 3.8) is 0 Å². The van der Waals surface area contributed by atoms with Gasteiger partial charge in [-0.1, -0.05) is 12.1 Å². The van der Waals surface area contributed by atoms with Crippen LogP contribution in [-0.2, 0) is 30.3 Å². The molecule has 0 aliphatic carbocycles. The molecule has 10 nitrogen and oxygen atoms in total. The summed E-state index contributed by atoms with van der Waals surface area (Å²) in [4.78, 5) is 41.3. The fraction of sp³-hybridized carbons (Fsp3) is 0.375. The summed E-state index contributed by atoms with van der Waals surface area (Å²) in [7, 11) is 0. The van der Waals surface area contributed by atoms with E-state index < -0.39 is 36.0 Å². The van der Waals surface area contributed by atoms with E-state index in [9.17, 15) is 19.2 Å². The molecule has 0 fully saturated rings. The molecule has 1 aromatic carbocycles. The van der Waals surface area contributed by atoms with Crippen molar-refractivity contribution in [2.75, 3.05) is 6.61 Å². The summed E-state index contributed by atoms with van der Waals surface area (Å²) in [5.41, 5.74) is 11.2. The summed E-state index contributed by atoms with van der Waals surface area (Å²) in [5, 5.41) is 16.8. The lowest BCUT2D eigenvalue weighted by Crippen LogP contribution is -2.35. The Kier molecular flexibility index (Phi) is 10.2. The maximum atomic E-state index is 10.6. The molecule has 6 N–H and O–H groups in total. The molecule has 0 aromatic heterocycles. The van der Waals surface area contributed by atoms with Crippen molar-refractivity contribution in [2.45, 2.75) is 32.4 Å². The Hall–Kier alpha value is -2.98. The lowest BCUT2D eigenvalue weighted by atomic mass is 10.1. The highest BCUT2D eigenvalue weighted by Crippen LogP contribution is 2.13. The number of hydrogen-bond donors (Lipinski definition) is 4. The molecule has 10 heteroatoms. The van der Waals surface area contributed by atoms with Gasteiger partial charge in [-0.05, 0) is 24.1 Å². The van der Waals surface area contributed by atoms with Gasteiger partial charge in [-0.25, -0.2) is 0 Å². The van der Waals surface area contributed by atoms with Crippen molar-refractivity contribution in [2.24, 2.45) is 11.5 Å². The Labute approximate surface area is 149 Å². The van der Waals surface area contributed by atoms with Crippen LogP contribution in [0.2, 0.25) is 0 Å². The number of carboxylic acid groups (broad SMARTS) is 2. The summed E-state index contributed by atoms with van der Waals surface area (Å²) >= 11 is 0. The van der Waals surface area contributed by atoms with E-state index in [2.05, 4.69) is 4.74 Å². The minimum atomic E-state index is -1.18. The van der Waals surface area contributed by atoms with Crippen molar-refractivity contribution in [3.8, 4) is 5.75 Å². The smallest absolute Gasteiger partial charge is 0.324 e. The zero-order chi connectivity index (χ0) is 20.3. The van der Waals surface area contributed by atoms with Crippen molar-refractivity contribution < 1.29 is 38.9 Å². The topological polar surface area (TPSA) is 179 Å². The molecule has 0 saturated heterocycles. The van der Waals surface area contributed by atoms with E-state index >= 15 is 0 Å². The van der Waals surface area contributed by atoms with Gasteiger partial charge in [0.2, 0.25) is 0 Å². The van der Waals surface area contributed by atoms with E-state index in [0.717, 1.165) is 5.56 Å². The second-order valence-corrected chi connectivity index (χ2v) is 5.13. The van der Waals surface area contributed by atoms with Gasteiger partial charge < -0.3 is 31.2 Å². The molecule has 2 atom stereocenters. The number of rotatable bonds is 7. The lowest BCUT2D eigenvalue weighted by molar-refractivity contribution is -0.146. The Morgan fingerprint density at radius 1 is 0.923 bits per heavy atom. The van der Waals surface area contributed by atoms with Gasteiger partial charge in [-0.15, -0.1) is 0 Å². The maximum Gasteiger partial charge on any atom is 0.324 e. The molecule has 0 unspecified atom stereocenters. The normalized spacial score (nSPS) is 12.0. The first-order valence-electron chi connectivity index (χ1n) is 7.40. The number of aliphatic carboxylic acids is 2. The van der Waals surface area contributed by atoms with Crippen LogP contribution in [-0.4, -0.2) is 52.8 Å². The highest BCUT2D eigenvalue weighted by molar-refractivity contribution is 5.74. The van der Waals surface area contributed by atoms with Gasteiger partial charge in [0, 0.05) is 13.8 Å². The number of nitrogens with two attached hydrogens (primary N) is 2. The molecule has 0 heterocycles. The van der Waals surface area contributed by atoms with E-state index in [4.69, 9.17) is 26.4 Å². The quantitative estimate of drug-likeness (QED) is 0.362. The van der Waals surface area contributed by atoms with E-state index in [-0.39, 0.29) is 13.0 Å². The number of esters is 2. The number of carbonyl (C=O) groups is 4. The zero-order valence-corrected chi connectivity index (χ0v) is 14.4. The predicted molar refractivity (Wildman–Crippen MR) is 89.3 cm³/mol. The number of benzene rings is 1. The molecule has 144 valence electrons. The monoisotopic (exact) mass is 370 g/mol. The van der Waals surface area contributed by atoms with Gasteiger partial charge in [0.15, 0.2) is 0 Å². The molecule has 1 aromatic rings. The van der Waals surface area contributed by atoms with Crippen LogP contribution in [0.3, 0.4) is 0 Å². The van der Waals surface area contributed by atoms with Gasteiger partial charge in [0.05, 0.1) is 0 Å². The van der Waals surface area contributed by atoms with Crippen LogP contribution in [0.1, 0.15) is 19.4 Å². The van der Waals surface area contributed by atoms with Crippen LogP contribution in [0.5, 0.6) is 5.75 Å². The fourth-order valence-corrected chi connectivity index (χ4v) is 1.48. The average Bonchev–Trinajstić information content (AvgIpc) is 2.54. The first-order chi connectivity index (χ1) is 12.0. The summed E-state index contributed by atoms with van der Waals surface area (Å²) < 4.78 is 9.16. The number of carboxylic acids is 2. The highest BCUT2D eigenvalue weighted by atomic mass is 16.5. The van der Waals surface area contributed by atoms with Crippen LogP contribution < -0.4 is 16.2 Å². The Bertz CT molecular complexity index is 630. The predicted octanol–water partition coefficient (Wildman–Crippen LogP) is -0.472. The molecule has 0 saturated carbocycles. The summed E-state index contributed by atoms with van der Waals surface area (Å²) in [5.74, 6) is -2.71. The van der Waals surface area contributed by atoms with Gasteiger partial charge >= 0.3 is 23.9 Å². The van der Waals surface area contributed by atoms with Crippen molar-refractivity contribution in [1.82, 2.24) is 0 Å². The van der Waals surface area contributed by atoms with Gasteiger partial charge in [-0.2, -0.15) is 0 Å². The summed E-state index contributed by atoms with van der Waals surface area (Å²) in [6.07, 6.45) is 0.246. The molecule has 0 radical (unpaired) electrons. The third-order valence-electron chi connectivity index (χ3n) is 2.74. The Morgan fingerprint density at radius 3 is 1.81 bits per heavy atom. The van der Waals surface area contributed by atoms with Crippen LogP contribution >= 0.6 is 0 Å². The molecule has 0 amide bonds. The first-order valence-corrected chi connectivity index (χ1v) is 7.40. The minimum absolute atomic E-state index is 0.246. The average molecular weight is 370 g/mol. The third-order valence-corrected chi connectivity index (χ3v) is 2.74. The second kappa shape index (κ2) is 11.6. The molecule has 0 aliphatic heterocycles. The largest absolute Gasteiger partial charge is 0.480 e. The minimum Gasteiger partial charge on any atom is -0.480 e. The molecule has 26 heavy (non-hydrogen) atoms. The summed E-state index contributed by atoms with van der Waals surface area (Å²) in [6.45, 7) is 2.23.